The van der Waals surface area contributed by atoms with Gasteiger partial charge in [0, 0.05) is 11.9 Å². The minimum absolute atomic E-state index is 0. The Morgan fingerprint density at radius 2 is 0.627 bits per heavy atom. The van der Waals surface area contributed by atoms with Crippen LogP contribution in [0.5, 0.6) is 0 Å². The molecule has 0 spiro atoms. The second-order valence-electron chi connectivity index (χ2n) is 16.0. The molecule has 11 aromatic rings. The average Bonchev–Trinajstić information content (AvgIpc) is 3.41. The Morgan fingerprint density at radius 3 is 0.970 bits per heavy atom. The molecule has 0 N–H and O–H groups in total. The molecule has 0 amide bonds. The van der Waals surface area contributed by atoms with Crippen LogP contribution in [-0.4, -0.2) is 4.98 Å². The molecule has 1 heterocycles. The van der Waals surface area contributed by atoms with Crippen LogP contribution in [-0.2, 0) is 25.1 Å². The van der Waals surface area contributed by atoms with E-state index >= 15 is 0 Å². The quantitative estimate of drug-likeness (QED) is 0.101. The largest absolute Gasteiger partial charge is 1.00 e. The first kappa shape index (κ1) is 45.5. The predicted molar refractivity (Wildman–Crippen MR) is 281 cm³/mol. The van der Waals surface area contributed by atoms with Gasteiger partial charge in [-0.15, -0.1) is 0 Å². The molecule has 0 saturated carbocycles. The number of pyridine rings is 1. The third kappa shape index (κ3) is 9.49. The van der Waals surface area contributed by atoms with Crippen molar-refractivity contribution in [1.29, 1.82) is 0 Å². The van der Waals surface area contributed by atoms with Crippen LogP contribution in [0.4, 0.5) is 0 Å². The Bertz CT molecular complexity index is 2970. The molecule has 0 unspecified atom stereocenters. The van der Waals surface area contributed by atoms with E-state index in [4.69, 9.17) is 0 Å². The van der Waals surface area contributed by atoms with E-state index in [1.54, 1.807) is 12.3 Å². The van der Waals surface area contributed by atoms with E-state index in [1.807, 2.05) is 72.8 Å². The van der Waals surface area contributed by atoms with Crippen molar-refractivity contribution < 1.29 is 24.6 Å². The summed E-state index contributed by atoms with van der Waals surface area (Å²) < 4.78 is 0. The zero-order chi connectivity index (χ0) is 44.5. The average molecular weight is 984 g/mol. The molecule has 0 aliphatic rings. The summed E-state index contributed by atoms with van der Waals surface area (Å²) in [4.78, 5) is 4.29. The Morgan fingerprint density at radius 1 is 0.313 bits per heavy atom. The van der Waals surface area contributed by atoms with E-state index < -0.39 is 21.4 Å². The van der Waals surface area contributed by atoms with Gasteiger partial charge in [0.25, 0.3) is 0 Å². The van der Waals surface area contributed by atoms with Crippen LogP contribution in [0.1, 0.15) is 16.8 Å². The number of hydrogen-bond acceptors (Lipinski definition) is 2. The Hall–Kier alpha value is -6.69. The van der Waals surface area contributed by atoms with Crippen molar-refractivity contribution >= 4 is 69.2 Å². The Kier molecular flexibility index (Phi) is 14.5. The summed E-state index contributed by atoms with van der Waals surface area (Å²) in [5, 5.41) is 27.0. The number of hydrogen-bond donors (Lipinski definition) is 0. The first-order chi connectivity index (χ1) is 32.7. The number of rotatable bonds is 10. The molecule has 5 heteroatoms. The molecule has 323 valence electrons. The number of aromatic nitrogens is 1. The van der Waals surface area contributed by atoms with Crippen LogP contribution < -0.4 is 36.9 Å². The summed E-state index contributed by atoms with van der Waals surface area (Å²) >= 11 is 0. The molecule has 0 bridgehead atoms. The predicted octanol–water partition coefficient (Wildman–Crippen LogP) is 11.9. The van der Waals surface area contributed by atoms with Crippen LogP contribution in [0, 0.1) is 0 Å². The van der Waals surface area contributed by atoms with Crippen LogP contribution in [0.3, 0.4) is 0 Å². The van der Waals surface area contributed by atoms with Gasteiger partial charge in [0.1, 0.15) is 0 Å². The molecule has 2 nitrogen and oxygen atoms in total. The minimum Gasteiger partial charge on any atom is -0.838 e. The maximum absolute atomic E-state index is 13.6. The third-order valence-corrected chi connectivity index (χ3v) is 17.0. The van der Waals surface area contributed by atoms with E-state index in [0.717, 1.165) is 0 Å². The molecule has 10 aromatic carbocycles. The van der Waals surface area contributed by atoms with Gasteiger partial charge < -0.3 is 5.11 Å². The summed E-state index contributed by atoms with van der Waals surface area (Å²) in [7, 11) is -1.70. The fraction of sp³-hybridized carbons (Fsp3) is 0.0161. The maximum Gasteiger partial charge on any atom is 1.00 e. The maximum atomic E-state index is 13.6. The Balaban J connectivity index is 0.000000224. The molecule has 1 aromatic heterocycles. The van der Waals surface area contributed by atoms with Crippen molar-refractivity contribution in [2.75, 3.05) is 0 Å². The van der Waals surface area contributed by atoms with Crippen LogP contribution >= 0.6 is 15.8 Å². The molecule has 0 atom stereocenters. The summed E-state index contributed by atoms with van der Waals surface area (Å²) in [5.74, 6) is 0. The number of nitrogens with zero attached hydrogens (tertiary/aromatic N) is 1. The third-order valence-electron chi connectivity index (χ3n) is 12.0. The fourth-order valence-electron chi connectivity index (χ4n) is 8.96. The molecular formula is C62H46NOP2Ru. The van der Waals surface area contributed by atoms with E-state index in [0.29, 0.717) is 16.8 Å². The monoisotopic (exact) mass is 984 g/mol. The Labute approximate surface area is 409 Å². The van der Waals surface area contributed by atoms with Gasteiger partial charge in [-0.2, -0.15) is 0 Å². The van der Waals surface area contributed by atoms with E-state index in [2.05, 4.69) is 199 Å². The summed E-state index contributed by atoms with van der Waals surface area (Å²) in [6, 6.07) is 96.0. The van der Waals surface area contributed by atoms with E-state index in [-0.39, 0.29) is 19.5 Å². The van der Waals surface area contributed by atoms with E-state index in [9.17, 15) is 5.11 Å². The van der Waals surface area contributed by atoms with Gasteiger partial charge in [0.15, 0.2) is 0 Å². The molecule has 1 radical (unpaired) electrons. The zero-order valence-electron chi connectivity index (χ0n) is 36.7. The minimum atomic E-state index is -1.48. The second-order valence-corrected chi connectivity index (χ2v) is 20.4. The normalized spacial score (nSPS) is 11.2. The van der Waals surface area contributed by atoms with Gasteiger partial charge in [0.2, 0.25) is 0 Å². The van der Waals surface area contributed by atoms with Crippen LogP contribution in [0.15, 0.2) is 279 Å². The number of benzene rings is 10. The zero-order valence-corrected chi connectivity index (χ0v) is 40.2. The van der Waals surface area contributed by atoms with Crippen LogP contribution in [0.25, 0.3) is 32.7 Å². The van der Waals surface area contributed by atoms with Gasteiger partial charge >= 0.3 is 19.5 Å². The van der Waals surface area contributed by atoms with Crippen molar-refractivity contribution in [1.82, 2.24) is 4.98 Å². The van der Waals surface area contributed by atoms with Crippen molar-refractivity contribution in [3.8, 4) is 11.1 Å². The van der Waals surface area contributed by atoms with E-state index in [1.165, 1.54) is 64.5 Å². The van der Waals surface area contributed by atoms with Gasteiger partial charge in [-0.3, -0.25) is 4.98 Å². The second kappa shape index (κ2) is 21.3. The SMILES string of the molecule is [O-]C(c1ccccc1)(c1ccccc1)c1ccccn1.[Ru+].c1ccc(P(c2ccccc2)c2ccc3ccccc3c2-c2c(P(c3ccccc3)c3ccccc3)ccc3ccccc23)cc1. The molecule has 0 aliphatic heterocycles. The summed E-state index contributed by atoms with van der Waals surface area (Å²) in [6.45, 7) is 0. The molecule has 11 rings (SSSR count). The molecule has 0 aliphatic carbocycles. The van der Waals surface area contributed by atoms with Gasteiger partial charge in [0.05, 0.1) is 0 Å². The molecule has 0 saturated heterocycles. The van der Waals surface area contributed by atoms with Crippen molar-refractivity contribution in [2.24, 2.45) is 0 Å². The topological polar surface area (TPSA) is 36.0 Å². The first-order valence-electron chi connectivity index (χ1n) is 22.3. The molecule has 67 heavy (non-hydrogen) atoms. The molecule has 0 fully saturated rings. The summed E-state index contributed by atoms with van der Waals surface area (Å²) in [6.07, 6.45) is 1.66. The van der Waals surface area contributed by atoms with Crippen molar-refractivity contribution in [2.45, 2.75) is 5.60 Å². The van der Waals surface area contributed by atoms with Crippen LogP contribution in [0.2, 0.25) is 0 Å². The van der Waals surface area contributed by atoms with Gasteiger partial charge in [-0.25, -0.2) is 0 Å². The first-order valence-corrected chi connectivity index (χ1v) is 24.9. The smallest absolute Gasteiger partial charge is 0.838 e. The standard InChI is InChI=1S/C44H32P2.C18H14NO.Ru/c1-5-19-35(20-6-1)45(36-21-7-2-8-22-36)41-31-29-33-17-13-15-27-39(33)43(41)44-40-28-16-14-18-34(40)30-32-42(44)46(37-23-9-3-10-24-37)38-25-11-4-12-26-38;20-18(15-9-3-1-4-10-15,16-11-5-2-6-12-16)17-13-7-8-14-19-17;/h1-32H;1-14H;/q;-1;+1. The summed E-state index contributed by atoms with van der Waals surface area (Å²) in [5.41, 5.74) is 3.13. The van der Waals surface area contributed by atoms with Crippen molar-refractivity contribution in [3.05, 3.63) is 296 Å². The fourth-order valence-corrected chi connectivity index (χ4v) is 13.9. The molecular weight excluding hydrogens is 938 g/mol. The number of fused-ring (bicyclic) bond motifs is 2. The van der Waals surface area contributed by atoms with Crippen molar-refractivity contribution in [3.63, 3.8) is 0 Å². The van der Waals surface area contributed by atoms with Gasteiger partial charge in [-0.05, 0) is 109 Å². The van der Waals surface area contributed by atoms with Gasteiger partial charge in [-0.1, -0.05) is 261 Å².